The smallest absolute Gasteiger partial charge is 0.291 e. The molecule has 0 aliphatic heterocycles. The first-order chi connectivity index (χ1) is 17.2. The number of ketones is 1. The van der Waals surface area contributed by atoms with E-state index in [2.05, 4.69) is 31.2 Å². The summed E-state index contributed by atoms with van der Waals surface area (Å²) in [4.78, 5) is 32.0. The molecule has 3 rings (SSSR count). The molecule has 11 heteroatoms. The van der Waals surface area contributed by atoms with E-state index in [1.165, 1.54) is 6.33 Å². The summed E-state index contributed by atoms with van der Waals surface area (Å²) in [6, 6.07) is 9.95. The van der Waals surface area contributed by atoms with E-state index >= 15 is 4.39 Å². The predicted octanol–water partition coefficient (Wildman–Crippen LogP) is 4.45. The Morgan fingerprint density at radius 2 is 1.81 bits per heavy atom. The first-order valence-electron chi connectivity index (χ1n) is 11.4. The van der Waals surface area contributed by atoms with Crippen molar-refractivity contribution in [1.29, 1.82) is 0 Å². The number of likely N-dealkylation sites (N-methyl/N-ethyl adjacent to an activating group) is 1. The number of nitrogen functional groups attached to an aromatic ring is 1. The van der Waals surface area contributed by atoms with Crippen LogP contribution in [0.2, 0.25) is 5.15 Å². The molecule has 0 radical (unpaired) electrons. The SMILES string of the molecule is CNCCNc1ccc(-c2ccc(NC(=O)C(=O)CC(C)C)cc2)c(F)c1Nc1ncnc(Cl)c1N. The molecule has 0 bridgehead atoms. The van der Waals surface area contributed by atoms with Gasteiger partial charge in [-0.1, -0.05) is 37.6 Å². The maximum Gasteiger partial charge on any atom is 0.291 e. The molecule has 0 unspecified atom stereocenters. The number of nitrogens with two attached hydrogens (primary N) is 1. The Balaban J connectivity index is 1.90. The quantitative estimate of drug-likeness (QED) is 0.144. The first kappa shape index (κ1) is 26.8. The molecular weight excluding hydrogens is 485 g/mol. The Morgan fingerprint density at radius 3 is 2.47 bits per heavy atom. The number of nitrogens with zero attached hydrogens (tertiary/aromatic N) is 2. The minimum Gasteiger partial charge on any atom is -0.393 e. The Hall–Kier alpha value is -3.76. The van der Waals surface area contributed by atoms with E-state index < -0.39 is 17.5 Å². The van der Waals surface area contributed by atoms with E-state index in [1.807, 2.05) is 20.9 Å². The molecule has 0 aliphatic carbocycles. The number of halogens is 2. The van der Waals surface area contributed by atoms with Crippen LogP contribution in [0.1, 0.15) is 20.3 Å². The summed E-state index contributed by atoms with van der Waals surface area (Å²) in [5.41, 5.74) is 8.03. The molecule has 1 amide bonds. The largest absolute Gasteiger partial charge is 0.393 e. The van der Waals surface area contributed by atoms with Gasteiger partial charge < -0.3 is 27.0 Å². The number of benzene rings is 2. The lowest BCUT2D eigenvalue weighted by Crippen LogP contribution is -2.23. The lowest BCUT2D eigenvalue weighted by molar-refractivity contribution is -0.135. The fraction of sp³-hybridized carbons (Fsp3) is 0.280. The van der Waals surface area contributed by atoms with Crippen molar-refractivity contribution in [3.63, 3.8) is 0 Å². The average Bonchev–Trinajstić information content (AvgIpc) is 2.84. The fourth-order valence-corrected chi connectivity index (χ4v) is 3.51. The zero-order valence-electron chi connectivity index (χ0n) is 20.3. The molecule has 0 spiro atoms. The average molecular weight is 514 g/mol. The molecule has 36 heavy (non-hydrogen) atoms. The molecule has 0 fully saturated rings. The lowest BCUT2D eigenvalue weighted by Gasteiger charge is -2.18. The third-order valence-corrected chi connectivity index (χ3v) is 5.51. The highest BCUT2D eigenvalue weighted by atomic mass is 35.5. The summed E-state index contributed by atoms with van der Waals surface area (Å²) in [6.07, 6.45) is 1.40. The molecule has 3 aromatic rings. The van der Waals surface area contributed by atoms with Crippen LogP contribution >= 0.6 is 11.6 Å². The summed E-state index contributed by atoms with van der Waals surface area (Å²) < 4.78 is 15.8. The number of Topliss-reactive ketones (excluding diaryl/α,β-unsaturated/α-hetero) is 1. The number of hydrogen-bond acceptors (Lipinski definition) is 8. The van der Waals surface area contributed by atoms with Crippen LogP contribution in [-0.2, 0) is 9.59 Å². The van der Waals surface area contributed by atoms with Gasteiger partial charge >= 0.3 is 0 Å². The van der Waals surface area contributed by atoms with Crippen molar-refractivity contribution < 1.29 is 14.0 Å². The third-order valence-electron chi connectivity index (χ3n) is 5.21. The van der Waals surface area contributed by atoms with Gasteiger partial charge in [0.25, 0.3) is 5.91 Å². The molecule has 2 aromatic carbocycles. The van der Waals surface area contributed by atoms with E-state index in [0.717, 1.165) is 0 Å². The van der Waals surface area contributed by atoms with Crippen LogP contribution in [0.4, 0.5) is 33.0 Å². The number of carbonyl (C=O) groups is 2. The highest BCUT2D eigenvalue weighted by Gasteiger charge is 2.19. The summed E-state index contributed by atoms with van der Waals surface area (Å²) >= 11 is 6.00. The highest BCUT2D eigenvalue weighted by molar-refractivity contribution is 6.40. The number of hydrogen-bond donors (Lipinski definition) is 5. The second-order valence-electron chi connectivity index (χ2n) is 8.48. The number of rotatable bonds is 11. The fourth-order valence-electron chi connectivity index (χ4n) is 3.38. The van der Waals surface area contributed by atoms with Crippen molar-refractivity contribution in [2.75, 3.05) is 41.8 Å². The van der Waals surface area contributed by atoms with Gasteiger partial charge in [0.2, 0.25) is 5.78 Å². The Labute approximate surface area is 214 Å². The molecule has 6 N–H and O–H groups in total. The molecule has 190 valence electrons. The third kappa shape index (κ3) is 6.67. The van der Waals surface area contributed by atoms with Gasteiger partial charge in [-0.15, -0.1) is 0 Å². The van der Waals surface area contributed by atoms with Gasteiger partial charge in [-0.05, 0) is 42.8 Å². The van der Waals surface area contributed by atoms with Crippen LogP contribution in [0.3, 0.4) is 0 Å². The standard InChI is InChI=1S/C25H29ClFN7O2/c1-14(2)12-19(35)25(36)33-16-6-4-15(5-7-16)17-8-9-18(30-11-10-29-3)22(20(17)27)34-24-21(28)23(26)31-13-32-24/h4-9,13-14,29-30H,10-12,28H2,1-3H3,(H,33,36)(H,31,32,34). The Morgan fingerprint density at radius 1 is 1.08 bits per heavy atom. The van der Waals surface area contributed by atoms with Gasteiger partial charge in [-0.25, -0.2) is 14.4 Å². The van der Waals surface area contributed by atoms with E-state index in [0.29, 0.717) is 35.6 Å². The molecule has 0 saturated carbocycles. The van der Waals surface area contributed by atoms with Gasteiger partial charge in [0.1, 0.15) is 17.7 Å². The number of nitrogens with one attached hydrogen (secondary N) is 4. The highest BCUT2D eigenvalue weighted by Crippen LogP contribution is 2.37. The number of anilines is 5. The maximum atomic E-state index is 15.8. The summed E-state index contributed by atoms with van der Waals surface area (Å²) in [5.74, 6) is -1.44. The minimum absolute atomic E-state index is 0.0540. The molecule has 1 aromatic heterocycles. The van der Waals surface area contributed by atoms with Crippen LogP contribution in [0.15, 0.2) is 42.7 Å². The van der Waals surface area contributed by atoms with Crippen molar-refractivity contribution in [3.8, 4) is 11.1 Å². The van der Waals surface area contributed by atoms with Crippen LogP contribution in [0.25, 0.3) is 11.1 Å². The van der Waals surface area contributed by atoms with Gasteiger partial charge in [0, 0.05) is 30.8 Å². The number of amides is 1. The molecule has 0 atom stereocenters. The lowest BCUT2D eigenvalue weighted by atomic mass is 10.0. The van der Waals surface area contributed by atoms with Crippen molar-refractivity contribution >= 4 is 51.9 Å². The van der Waals surface area contributed by atoms with Gasteiger partial charge in [0.15, 0.2) is 16.8 Å². The molecule has 0 aliphatic rings. The van der Waals surface area contributed by atoms with Gasteiger partial charge in [0.05, 0.1) is 5.69 Å². The molecular formula is C25H29ClFN7O2. The Bertz CT molecular complexity index is 1240. The maximum absolute atomic E-state index is 15.8. The monoisotopic (exact) mass is 513 g/mol. The summed E-state index contributed by atoms with van der Waals surface area (Å²) in [7, 11) is 1.82. The molecule has 0 saturated heterocycles. The second kappa shape index (κ2) is 12.3. The van der Waals surface area contributed by atoms with E-state index in [9.17, 15) is 9.59 Å². The van der Waals surface area contributed by atoms with Crippen molar-refractivity contribution in [3.05, 3.63) is 53.7 Å². The van der Waals surface area contributed by atoms with Crippen molar-refractivity contribution in [1.82, 2.24) is 15.3 Å². The van der Waals surface area contributed by atoms with Crippen molar-refractivity contribution in [2.24, 2.45) is 5.92 Å². The first-order valence-corrected chi connectivity index (χ1v) is 11.8. The normalized spacial score (nSPS) is 10.8. The van der Waals surface area contributed by atoms with Gasteiger partial charge in [-0.3, -0.25) is 9.59 Å². The van der Waals surface area contributed by atoms with Crippen molar-refractivity contribution in [2.45, 2.75) is 20.3 Å². The second-order valence-corrected chi connectivity index (χ2v) is 8.84. The van der Waals surface area contributed by atoms with E-state index in [1.54, 1.807) is 36.4 Å². The Kier molecular flexibility index (Phi) is 9.15. The topological polar surface area (TPSA) is 134 Å². The zero-order valence-corrected chi connectivity index (χ0v) is 21.0. The minimum atomic E-state index is -0.674. The molecule has 9 nitrogen and oxygen atoms in total. The summed E-state index contributed by atoms with van der Waals surface area (Å²) in [5, 5.41) is 11.8. The molecule has 1 heterocycles. The summed E-state index contributed by atoms with van der Waals surface area (Å²) in [6.45, 7) is 4.95. The number of carbonyl (C=O) groups excluding carboxylic acids is 2. The van der Waals surface area contributed by atoms with E-state index in [4.69, 9.17) is 17.3 Å². The van der Waals surface area contributed by atoms with Crippen LogP contribution in [0, 0.1) is 11.7 Å². The van der Waals surface area contributed by atoms with Gasteiger partial charge in [-0.2, -0.15) is 0 Å². The predicted molar refractivity (Wildman–Crippen MR) is 142 cm³/mol. The van der Waals surface area contributed by atoms with Crippen LogP contribution in [0.5, 0.6) is 0 Å². The number of aromatic nitrogens is 2. The van der Waals surface area contributed by atoms with E-state index in [-0.39, 0.29) is 34.7 Å². The van der Waals surface area contributed by atoms with Crippen LogP contribution in [-0.4, -0.2) is 41.8 Å². The van der Waals surface area contributed by atoms with Crippen LogP contribution < -0.4 is 27.0 Å². The zero-order chi connectivity index (χ0) is 26.2.